The van der Waals surface area contributed by atoms with Crippen LogP contribution in [0.3, 0.4) is 0 Å². The summed E-state index contributed by atoms with van der Waals surface area (Å²) in [6.07, 6.45) is 0. The molecule has 0 bridgehead atoms. The van der Waals surface area contributed by atoms with Crippen molar-refractivity contribution in [3.63, 3.8) is 0 Å². The van der Waals surface area contributed by atoms with Gasteiger partial charge in [0, 0.05) is 25.3 Å². The summed E-state index contributed by atoms with van der Waals surface area (Å²) in [6.45, 7) is 8.87. The SMILES string of the molecule is Cc1cc(Oc2ccc(N)cc2)c(C)cc1CN1CCOCC1. The molecule has 0 unspecified atom stereocenters. The Balaban J connectivity index is 1.75. The predicted molar refractivity (Wildman–Crippen MR) is 92.9 cm³/mol. The molecule has 1 fully saturated rings. The maximum absolute atomic E-state index is 6.00. The molecule has 1 aliphatic heterocycles. The zero-order valence-corrected chi connectivity index (χ0v) is 13.8. The van der Waals surface area contributed by atoms with Crippen LogP contribution in [-0.4, -0.2) is 31.2 Å². The first-order chi connectivity index (χ1) is 11.1. The van der Waals surface area contributed by atoms with E-state index in [-0.39, 0.29) is 0 Å². The van der Waals surface area contributed by atoms with Crippen LogP contribution in [-0.2, 0) is 11.3 Å². The summed E-state index contributed by atoms with van der Waals surface area (Å²) in [7, 11) is 0. The summed E-state index contributed by atoms with van der Waals surface area (Å²) < 4.78 is 11.4. The maximum atomic E-state index is 6.00. The van der Waals surface area contributed by atoms with Crippen molar-refractivity contribution in [2.75, 3.05) is 32.0 Å². The number of hydrogen-bond acceptors (Lipinski definition) is 4. The summed E-state index contributed by atoms with van der Waals surface area (Å²) in [6, 6.07) is 11.9. The Morgan fingerprint density at radius 3 is 2.43 bits per heavy atom. The number of nitrogens with zero attached hydrogens (tertiary/aromatic N) is 1. The lowest BCUT2D eigenvalue weighted by atomic mass is 10.0. The van der Waals surface area contributed by atoms with E-state index in [9.17, 15) is 0 Å². The van der Waals surface area contributed by atoms with Gasteiger partial charge in [-0.15, -0.1) is 0 Å². The van der Waals surface area contributed by atoms with Crippen LogP contribution >= 0.6 is 0 Å². The molecule has 0 aromatic heterocycles. The van der Waals surface area contributed by atoms with Gasteiger partial charge in [0.25, 0.3) is 0 Å². The van der Waals surface area contributed by atoms with Crippen molar-refractivity contribution in [1.82, 2.24) is 4.90 Å². The quantitative estimate of drug-likeness (QED) is 0.878. The lowest BCUT2D eigenvalue weighted by Gasteiger charge is -2.27. The molecule has 1 heterocycles. The number of ether oxygens (including phenoxy) is 2. The van der Waals surface area contributed by atoms with Gasteiger partial charge in [-0.2, -0.15) is 0 Å². The van der Waals surface area contributed by atoms with E-state index in [1.54, 1.807) is 0 Å². The highest BCUT2D eigenvalue weighted by Gasteiger charge is 2.13. The van der Waals surface area contributed by atoms with Gasteiger partial charge < -0.3 is 15.2 Å². The van der Waals surface area contributed by atoms with Crippen LogP contribution < -0.4 is 10.5 Å². The van der Waals surface area contributed by atoms with Crippen molar-refractivity contribution in [1.29, 1.82) is 0 Å². The van der Waals surface area contributed by atoms with E-state index in [2.05, 4.69) is 30.9 Å². The van der Waals surface area contributed by atoms with E-state index in [1.807, 2.05) is 24.3 Å². The molecule has 122 valence electrons. The van der Waals surface area contributed by atoms with Crippen molar-refractivity contribution in [2.45, 2.75) is 20.4 Å². The van der Waals surface area contributed by atoms with Crippen molar-refractivity contribution < 1.29 is 9.47 Å². The molecule has 4 nitrogen and oxygen atoms in total. The van der Waals surface area contributed by atoms with Crippen LogP contribution in [0, 0.1) is 13.8 Å². The molecule has 0 atom stereocenters. The molecule has 2 N–H and O–H groups in total. The number of aryl methyl sites for hydroxylation is 2. The number of nitrogen functional groups attached to an aromatic ring is 1. The van der Waals surface area contributed by atoms with Crippen LogP contribution in [0.2, 0.25) is 0 Å². The van der Waals surface area contributed by atoms with Gasteiger partial charge in [0.05, 0.1) is 13.2 Å². The molecule has 0 aliphatic carbocycles. The first-order valence-corrected chi connectivity index (χ1v) is 8.05. The average molecular weight is 312 g/mol. The highest BCUT2D eigenvalue weighted by molar-refractivity contribution is 5.46. The number of rotatable bonds is 4. The van der Waals surface area contributed by atoms with Gasteiger partial charge in [-0.05, 0) is 60.9 Å². The van der Waals surface area contributed by atoms with Gasteiger partial charge >= 0.3 is 0 Å². The molecule has 1 aliphatic rings. The zero-order valence-electron chi connectivity index (χ0n) is 13.8. The molecule has 0 radical (unpaired) electrons. The van der Waals surface area contributed by atoms with Crippen LogP contribution in [0.25, 0.3) is 0 Å². The van der Waals surface area contributed by atoms with Crippen molar-refractivity contribution >= 4 is 5.69 Å². The number of nitrogens with two attached hydrogens (primary N) is 1. The molecular formula is C19H24N2O2. The van der Waals surface area contributed by atoms with E-state index in [4.69, 9.17) is 15.2 Å². The Labute approximate surface area is 137 Å². The third kappa shape index (κ3) is 4.03. The Hall–Kier alpha value is -2.04. The highest BCUT2D eigenvalue weighted by atomic mass is 16.5. The summed E-state index contributed by atoms with van der Waals surface area (Å²) in [5, 5.41) is 0. The fraction of sp³-hybridized carbons (Fsp3) is 0.368. The minimum absolute atomic E-state index is 0.742. The first-order valence-electron chi connectivity index (χ1n) is 8.05. The molecule has 4 heteroatoms. The molecule has 0 spiro atoms. The molecule has 2 aromatic rings. The lowest BCUT2D eigenvalue weighted by Crippen LogP contribution is -2.35. The number of benzene rings is 2. The Bertz CT molecular complexity index is 662. The maximum Gasteiger partial charge on any atom is 0.130 e. The Kier molecular flexibility index (Phi) is 4.84. The standard InChI is InChI=1S/C19H24N2O2/c1-14-12-19(23-18-5-3-17(20)4-6-18)15(2)11-16(14)13-21-7-9-22-10-8-21/h3-6,11-12H,7-10,13,20H2,1-2H3. The monoisotopic (exact) mass is 312 g/mol. The number of hydrogen-bond donors (Lipinski definition) is 1. The van der Waals surface area contributed by atoms with Gasteiger partial charge in [-0.1, -0.05) is 6.07 Å². The van der Waals surface area contributed by atoms with Crippen LogP contribution in [0.15, 0.2) is 36.4 Å². The molecule has 23 heavy (non-hydrogen) atoms. The normalized spacial score (nSPS) is 15.6. The molecule has 0 saturated carbocycles. The van der Waals surface area contributed by atoms with Crippen molar-refractivity contribution in [3.05, 3.63) is 53.1 Å². The van der Waals surface area contributed by atoms with Crippen LogP contribution in [0.4, 0.5) is 5.69 Å². The number of morpholine rings is 1. The van der Waals surface area contributed by atoms with Gasteiger partial charge in [-0.25, -0.2) is 0 Å². The predicted octanol–water partition coefficient (Wildman–Crippen LogP) is 3.51. The smallest absolute Gasteiger partial charge is 0.130 e. The fourth-order valence-electron chi connectivity index (χ4n) is 2.79. The summed E-state index contributed by atoms with van der Waals surface area (Å²) in [5.74, 6) is 1.71. The third-order valence-corrected chi connectivity index (χ3v) is 4.24. The molecule has 2 aromatic carbocycles. The van der Waals surface area contributed by atoms with Crippen molar-refractivity contribution in [3.8, 4) is 11.5 Å². The van der Waals surface area contributed by atoms with Crippen molar-refractivity contribution in [2.24, 2.45) is 0 Å². The fourth-order valence-corrected chi connectivity index (χ4v) is 2.79. The Morgan fingerprint density at radius 2 is 1.74 bits per heavy atom. The van der Waals surface area contributed by atoms with Gasteiger partial charge in [0.2, 0.25) is 0 Å². The summed E-state index contributed by atoms with van der Waals surface area (Å²) >= 11 is 0. The van der Waals surface area contributed by atoms with E-state index in [0.29, 0.717) is 0 Å². The largest absolute Gasteiger partial charge is 0.457 e. The van der Waals surface area contributed by atoms with Gasteiger partial charge in [0.15, 0.2) is 0 Å². The minimum atomic E-state index is 0.742. The summed E-state index contributed by atoms with van der Waals surface area (Å²) in [5.41, 5.74) is 10.2. The van der Waals surface area contributed by atoms with Gasteiger partial charge in [-0.3, -0.25) is 4.90 Å². The van der Waals surface area contributed by atoms with E-state index in [0.717, 1.165) is 55.6 Å². The second-order valence-electron chi connectivity index (χ2n) is 6.10. The second kappa shape index (κ2) is 7.02. The van der Waals surface area contributed by atoms with Gasteiger partial charge in [0.1, 0.15) is 11.5 Å². The molecular weight excluding hydrogens is 288 g/mol. The van der Waals surface area contributed by atoms with Crippen LogP contribution in [0.1, 0.15) is 16.7 Å². The second-order valence-corrected chi connectivity index (χ2v) is 6.10. The molecule has 1 saturated heterocycles. The molecule has 3 rings (SSSR count). The van der Waals surface area contributed by atoms with E-state index < -0.39 is 0 Å². The third-order valence-electron chi connectivity index (χ3n) is 4.24. The Morgan fingerprint density at radius 1 is 1.04 bits per heavy atom. The minimum Gasteiger partial charge on any atom is -0.457 e. The van der Waals surface area contributed by atoms with E-state index in [1.165, 1.54) is 11.1 Å². The first kappa shape index (κ1) is 15.8. The highest BCUT2D eigenvalue weighted by Crippen LogP contribution is 2.29. The zero-order chi connectivity index (χ0) is 16.2. The average Bonchev–Trinajstić information content (AvgIpc) is 2.55. The lowest BCUT2D eigenvalue weighted by molar-refractivity contribution is 0.0341. The molecule has 0 amide bonds. The summed E-state index contributed by atoms with van der Waals surface area (Å²) in [4.78, 5) is 2.44. The van der Waals surface area contributed by atoms with E-state index >= 15 is 0 Å². The van der Waals surface area contributed by atoms with Crippen LogP contribution in [0.5, 0.6) is 11.5 Å². The topological polar surface area (TPSA) is 47.7 Å². The number of anilines is 1.